The number of anilines is 1. The van der Waals surface area contributed by atoms with Crippen LogP contribution in [-0.4, -0.2) is 13.0 Å². The number of hydrogen-bond acceptors (Lipinski definition) is 1. The Hall–Kier alpha value is -2.82. The number of carbonyl (C=O) groups excluding carboxylic acids is 1. The minimum atomic E-state index is -4.35. The summed E-state index contributed by atoms with van der Waals surface area (Å²) >= 11 is 0. The average Bonchev–Trinajstić information content (AvgIpc) is 2.82. The van der Waals surface area contributed by atoms with Crippen LogP contribution in [0.2, 0.25) is 0 Å². The monoisotopic (exact) mass is 327 g/mol. The molecule has 0 saturated carbocycles. The highest BCUT2D eigenvalue weighted by atomic mass is 19.4. The van der Waals surface area contributed by atoms with Crippen LogP contribution >= 0.6 is 0 Å². The highest BCUT2D eigenvalue weighted by Crippen LogP contribution is 2.41. The van der Waals surface area contributed by atoms with Crippen molar-refractivity contribution in [3.8, 4) is 11.1 Å². The number of benzene rings is 3. The molecule has 5 heteroatoms. The highest BCUT2D eigenvalue weighted by molar-refractivity contribution is 6.26. The van der Waals surface area contributed by atoms with Gasteiger partial charge in [-0.2, -0.15) is 13.2 Å². The fourth-order valence-electron chi connectivity index (χ4n) is 3.23. The van der Waals surface area contributed by atoms with Crippen molar-refractivity contribution in [2.45, 2.75) is 6.18 Å². The van der Waals surface area contributed by atoms with Crippen molar-refractivity contribution in [2.75, 3.05) is 11.9 Å². The summed E-state index contributed by atoms with van der Waals surface area (Å²) in [6.07, 6.45) is -4.35. The summed E-state index contributed by atoms with van der Waals surface area (Å²) in [5.41, 5.74) is 2.27. The van der Waals surface area contributed by atoms with E-state index >= 15 is 0 Å². The Morgan fingerprint density at radius 2 is 1.54 bits per heavy atom. The van der Waals surface area contributed by atoms with E-state index in [-0.39, 0.29) is 5.91 Å². The maximum atomic E-state index is 12.7. The van der Waals surface area contributed by atoms with Gasteiger partial charge < -0.3 is 4.90 Å². The molecule has 3 aromatic rings. The van der Waals surface area contributed by atoms with Gasteiger partial charge in [-0.1, -0.05) is 30.3 Å². The Bertz CT molecular complexity index is 974. The van der Waals surface area contributed by atoms with Crippen LogP contribution in [0, 0.1) is 0 Å². The van der Waals surface area contributed by atoms with Crippen LogP contribution in [0.4, 0.5) is 18.9 Å². The molecule has 0 atom stereocenters. The van der Waals surface area contributed by atoms with Crippen LogP contribution in [0.15, 0.2) is 54.6 Å². The van der Waals surface area contributed by atoms with Crippen LogP contribution in [0.5, 0.6) is 0 Å². The van der Waals surface area contributed by atoms with Gasteiger partial charge in [0.25, 0.3) is 5.91 Å². The van der Waals surface area contributed by atoms with Gasteiger partial charge in [0, 0.05) is 18.0 Å². The summed E-state index contributed by atoms with van der Waals surface area (Å²) in [7, 11) is 1.72. The molecule has 0 unspecified atom stereocenters. The smallest absolute Gasteiger partial charge is 0.311 e. The first-order chi connectivity index (χ1) is 11.4. The Balaban J connectivity index is 1.92. The van der Waals surface area contributed by atoms with Crippen molar-refractivity contribution < 1.29 is 18.0 Å². The molecule has 3 aromatic carbocycles. The third-order valence-corrected chi connectivity index (χ3v) is 4.44. The molecule has 0 fully saturated rings. The molecule has 0 radical (unpaired) electrons. The van der Waals surface area contributed by atoms with E-state index in [1.54, 1.807) is 24.1 Å². The van der Waals surface area contributed by atoms with E-state index in [0.29, 0.717) is 11.1 Å². The number of amides is 1. The van der Waals surface area contributed by atoms with Crippen molar-refractivity contribution in [2.24, 2.45) is 0 Å². The molecule has 24 heavy (non-hydrogen) atoms. The van der Waals surface area contributed by atoms with E-state index < -0.39 is 11.7 Å². The van der Waals surface area contributed by atoms with Crippen molar-refractivity contribution >= 4 is 22.4 Å². The van der Waals surface area contributed by atoms with Crippen molar-refractivity contribution in [1.29, 1.82) is 0 Å². The summed E-state index contributed by atoms with van der Waals surface area (Å²) < 4.78 is 38.2. The highest BCUT2D eigenvalue weighted by Gasteiger charge is 2.30. The first-order valence-corrected chi connectivity index (χ1v) is 7.39. The van der Waals surface area contributed by atoms with Crippen LogP contribution in [-0.2, 0) is 6.18 Å². The number of rotatable bonds is 1. The van der Waals surface area contributed by atoms with Gasteiger partial charge in [0.2, 0.25) is 0 Å². The predicted octanol–water partition coefficient (Wildman–Crippen LogP) is 5.12. The fraction of sp³-hybridized carbons (Fsp3) is 0.105. The van der Waals surface area contributed by atoms with Gasteiger partial charge >= 0.3 is 6.18 Å². The van der Waals surface area contributed by atoms with E-state index in [2.05, 4.69) is 0 Å². The van der Waals surface area contributed by atoms with Gasteiger partial charge in [0.1, 0.15) is 0 Å². The zero-order valence-corrected chi connectivity index (χ0v) is 12.7. The molecule has 2 nitrogen and oxygen atoms in total. The molecule has 0 bridgehead atoms. The number of halogens is 3. The fourth-order valence-corrected chi connectivity index (χ4v) is 3.23. The summed E-state index contributed by atoms with van der Waals surface area (Å²) in [5, 5.41) is 1.71. The van der Waals surface area contributed by atoms with E-state index in [1.165, 1.54) is 12.1 Å². The van der Waals surface area contributed by atoms with Crippen LogP contribution in [0.1, 0.15) is 15.9 Å². The Morgan fingerprint density at radius 3 is 2.21 bits per heavy atom. The SMILES string of the molecule is CN1C(=O)c2ccc(-c3ccc(C(F)(F)F)cc3)c3cccc1c23. The largest absolute Gasteiger partial charge is 0.416 e. The summed E-state index contributed by atoms with van der Waals surface area (Å²) in [6, 6.07) is 14.2. The van der Waals surface area contributed by atoms with Crippen LogP contribution < -0.4 is 4.90 Å². The maximum Gasteiger partial charge on any atom is 0.416 e. The topological polar surface area (TPSA) is 20.3 Å². The normalized spacial score (nSPS) is 13.8. The summed E-state index contributed by atoms with van der Waals surface area (Å²) in [5.74, 6) is -0.0693. The number of nitrogens with zero attached hydrogens (tertiary/aromatic N) is 1. The van der Waals surface area contributed by atoms with Gasteiger partial charge in [-0.15, -0.1) is 0 Å². The third kappa shape index (κ3) is 2.01. The van der Waals surface area contributed by atoms with Gasteiger partial charge in [-0.05, 0) is 40.8 Å². The predicted molar refractivity (Wildman–Crippen MR) is 87.1 cm³/mol. The lowest BCUT2D eigenvalue weighted by Crippen LogP contribution is -2.20. The Labute approximate surface area is 136 Å². The summed E-state index contributed by atoms with van der Waals surface area (Å²) in [6.45, 7) is 0. The van der Waals surface area contributed by atoms with Crippen molar-refractivity contribution in [1.82, 2.24) is 0 Å². The lowest BCUT2D eigenvalue weighted by Gasteiger charge is -2.11. The van der Waals surface area contributed by atoms with E-state index in [0.717, 1.165) is 34.2 Å². The average molecular weight is 327 g/mol. The molecular weight excluding hydrogens is 315 g/mol. The standard InChI is InChI=1S/C19H12F3NO/c1-23-16-4-2-3-14-13(9-10-15(17(14)16)18(23)24)11-5-7-12(8-6-11)19(20,21)22/h2-10H,1H3. The molecule has 1 amide bonds. The maximum absolute atomic E-state index is 12.7. The first kappa shape index (κ1) is 14.8. The second-order valence-corrected chi connectivity index (χ2v) is 5.80. The van der Waals surface area contributed by atoms with E-state index in [4.69, 9.17) is 0 Å². The van der Waals surface area contributed by atoms with Crippen LogP contribution in [0.25, 0.3) is 21.9 Å². The molecule has 0 spiro atoms. The van der Waals surface area contributed by atoms with Gasteiger partial charge in [0.15, 0.2) is 0 Å². The second kappa shape index (κ2) is 4.84. The quantitative estimate of drug-likeness (QED) is 0.608. The zero-order valence-electron chi connectivity index (χ0n) is 12.7. The lowest BCUT2D eigenvalue weighted by atomic mass is 9.95. The van der Waals surface area contributed by atoms with E-state index in [9.17, 15) is 18.0 Å². The minimum absolute atomic E-state index is 0.0693. The minimum Gasteiger partial charge on any atom is -0.311 e. The molecule has 1 aliphatic rings. The number of alkyl halides is 3. The first-order valence-electron chi connectivity index (χ1n) is 7.39. The van der Waals surface area contributed by atoms with Gasteiger partial charge in [-0.25, -0.2) is 0 Å². The van der Waals surface area contributed by atoms with Gasteiger partial charge in [0.05, 0.1) is 11.3 Å². The van der Waals surface area contributed by atoms with E-state index in [1.807, 2.05) is 18.2 Å². The molecule has 0 saturated heterocycles. The van der Waals surface area contributed by atoms with Gasteiger partial charge in [-0.3, -0.25) is 4.79 Å². The number of hydrogen-bond donors (Lipinski definition) is 0. The third-order valence-electron chi connectivity index (χ3n) is 4.44. The second-order valence-electron chi connectivity index (χ2n) is 5.80. The lowest BCUT2D eigenvalue weighted by molar-refractivity contribution is -0.137. The summed E-state index contributed by atoms with van der Waals surface area (Å²) in [4.78, 5) is 13.9. The molecule has 120 valence electrons. The molecule has 1 heterocycles. The van der Waals surface area contributed by atoms with Crippen molar-refractivity contribution in [3.05, 3.63) is 65.7 Å². The molecular formula is C19H12F3NO. The molecule has 0 N–H and O–H groups in total. The van der Waals surface area contributed by atoms with Crippen molar-refractivity contribution in [3.63, 3.8) is 0 Å². The van der Waals surface area contributed by atoms with Crippen LogP contribution in [0.3, 0.4) is 0 Å². The Morgan fingerprint density at radius 1 is 0.875 bits per heavy atom. The Kier molecular flexibility index (Phi) is 2.97. The molecule has 4 rings (SSSR count). The molecule has 0 aliphatic carbocycles. The number of carbonyl (C=O) groups is 1. The molecule has 1 aliphatic heterocycles. The zero-order chi connectivity index (χ0) is 17.1. The molecule has 0 aromatic heterocycles.